The molecule has 1 aromatic carbocycles. The van der Waals surface area contributed by atoms with Crippen LogP contribution in [0.2, 0.25) is 0 Å². The SMILES string of the molecule is COCCOc1cc(C)ccc1NC1CCN2CCC1C2. The van der Waals surface area contributed by atoms with Gasteiger partial charge >= 0.3 is 0 Å². The zero-order chi connectivity index (χ0) is 14.7. The van der Waals surface area contributed by atoms with Crippen molar-refractivity contribution >= 4 is 5.69 Å². The van der Waals surface area contributed by atoms with Gasteiger partial charge in [0.05, 0.1) is 12.3 Å². The molecule has 3 rings (SSSR count). The molecule has 2 aliphatic heterocycles. The number of fused-ring (bicyclic) bond motifs is 2. The van der Waals surface area contributed by atoms with E-state index in [9.17, 15) is 0 Å². The summed E-state index contributed by atoms with van der Waals surface area (Å²) in [6.07, 6.45) is 2.56. The number of rotatable bonds is 6. The molecule has 3 atom stereocenters. The average Bonchev–Trinajstić information content (AvgIpc) is 2.87. The summed E-state index contributed by atoms with van der Waals surface area (Å²) in [5, 5.41) is 3.74. The lowest BCUT2D eigenvalue weighted by molar-refractivity contribution is 0.146. The smallest absolute Gasteiger partial charge is 0.142 e. The fourth-order valence-corrected chi connectivity index (χ4v) is 3.44. The highest BCUT2D eigenvalue weighted by Crippen LogP contribution is 2.33. The minimum atomic E-state index is 0.580. The maximum absolute atomic E-state index is 5.88. The topological polar surface area (TPSA) is 33.7 Å². The molecule has 0 spiro atoms. The third kappa shape index (κ3) is 3.50. The molecule has 0 saturated carbocycles. The summed E-state index contributed by atoms with van der Waals surface area (Å²) in [7, 11) is 1.70. The van der Waals surface area contributed by atoms with Gasteiger partial charge in [0.15, 0.2) is 0 Å². The van der Waals surface area contributed by atoms with Crippen LogP contribution in [-0.4, -0.2) is 50.9 Å². The third-order valence-electron chi connectivity index (χ3n) is 4.66. The fraction of sp³-hybridized carbons (Fsp3) is 0.647. The molecule has 0 radical (unpaired) electrons. The van der Waals surface area contributed by atoms with Gasteiger partial charge in [-0.1, -0.05) is 6.07 Å². The normalized spacial score (nSPS) is 27.6. The Labute approximate surface area is 127 Å². The van der Waals surface area contributed by atoms with Gasteiger partial charge in [-0.2, -0.15) is 0 Å². The summed E-state index contributed by atoms with van der Waals surface area (Å²) in [5.74, 6) is 1.74. The van der Waals surface area contributed by atoms with Gasteiger partial charge in [-0.05, 0) is 49.9 Å². The number of benzene rings is 1. The van der Waals surface area contributed by atoms with Crippen molar-refractivity contribution in [2.24, 2.45) is 5.92 Å². The van der Waals surface area contributed by atoms with Crippen LogP contribution in [0.1, 0.15) is 18.4 Å². The molecule has 0 amide bonds. The number of ether oxygens (including phenoxy) is 2. The van der Waals surface area contributed by atoms with E-state index in [-0.39, 0.29) is 0 Å². The van der Waals surface area contributed by atoms with E-state index in [4.69, 9.17) is 9.47 Å². The largest absolute Gasteiger partial charge is 0.489 e. The maximum Gasteiger partial charge on any atom is 0.142 e. The number of hydrogen-bond acceptors (Lipinski definition) is 4. The van der Waals surface area contributed by atoms with Gasteiger partial charge in [0.2, 0.25) is 0 Å². The van der Waals surface area contributed by atoms with Crippen molar-refractivity contribution in [3.63, 3.8) is 0 Å². The monoisotopic (exact) mass is 290 g/mol. The van der Waals surface area contributed by atoms with E-state index in [1.54, 1.807) is 7.11 Å². The summed E-state index contributed by atoms with van der Waals surface area (Å²) < 4.78 is 11.0. The van der Waals surface area contributed by atoms with Gasteiger partial charge in [-0.3, -0.25) is 0 Å². The predicted molar refractivity (Wildman–Crippen MR) is 85.1 cm³/mol. The first-order valence-corrected chi connectivity index (χ1v) is 7.97. The zero-order valence-corrected chi connectivity index (χ0v) is 13.1. The van der Waals surface area contributed by atoms with Gasteiger partial charge in [-0.25, -0.2) is 0 Å². The Balaban J connectivity index is 1.68. The Bertz CT molecular complexity index is 478. The van der Waals surface area contributed by atoms with E-state index in [1.807, 2.05) is 0 Å². The van der Waals surface area contributed by atoms with E-state index in [0.29, 0.717) is 19.3 Å². The standard InChI is InChI=1S/C17H26N2O2/c1-13-3-4-16(17(11-13)21-10-9-20-2)18-15-6-8-19-7-5-14(15)12-19/h3-4,11,14-15,18H,5-10,12H2,1-2H3. The quantitative estimate of drug-likeness (QED) is 0.816. The molecule has 2 fully saturated rings. The van der Waals surface area contributed by atoms with Crippen LogP contribution in [0, 0.1) is 12.8 Å². The van der Waals surface area contributed by atoms with Crippen molar-refractivity contribution in [2.75, 3.05) is 45.3 Å². The number of nitrogens with zero attached hydrogens (tertiary/aromatic N) is 1. The first-order valence-electron chi connectivity index (χ1n) is 7.97. The molecule has 2 heterocycles. The predicted octanol–water partition coefficient (Wildman–Crippen LogP) is 2.53. The Hall–Kier alpha value is -1.26. The van der Waals surface area contributed by atoms with Crippen LogP contribution >= 0.6 is 0 Å². The lowest BCUT2D eigenvalue weighted by Gasteiger charge is -2.32. The van der Waals surface area contributed by atoms with Crippen LogP contribution in [0.15, 0.2) is 18.2 Å². The summed E-state index contributed by atoms with van der Waals surface area (Å²) in [5.41, 5.74) is 2.35. The van der Waals surface area contributed by atoms with Gasteiger partial charge < -0.3 is 19.7 Å². The average molecular weight is 290 g/mol. The van der Waals surface area contributed by atoms with E-state index in [2.05, 4.69) is 35.3 Å². The fourth-order valence-electron chi connectivity index (χ4n) is 3.44. The molecule has 0 aromatic heterocycles. The molecular formula is C17H26N2O2. The minimum absolute atomic E-state index is 0.580. The highest BCUT2D eigenvalue weighted by Gasteiger charge is 2.34. The molecule has 1 aromatic rings. The lowest BCUT2D eigenvalue weighted by Crippen LogP contribution is -2.39. The second-order valence-corrected chi connectivity index (χ2v) is 6.23. The van der Waals surface area contributed by atoms with Crippen LogP contribution in [-0.2, 0) is 4.74 Å². The van der Waals surface area contributed by atoms with Crippen molar-refractivity contribution in [3.8, 4) is 5.75 Å². The number of piperidine rings is 1. The summed E-state index contributed by atoms with van der Waals surface area (Å²) >= 11 is 0. The first-order chi connectivity index (χ1) is 10.3. The van der Waals surface area contributed by atoms with Crippen molar-refractivity contribution in [1.29, 1.82) is 0 Å². The Morgan fingerprint density at radius 3 is 2.95 bits per heavy atom. The number of methoxy groups -OCH3 is 1. The molecule has 4 heteroatoms. The Kier molecular flexibility index (Phi) is 4.66. The minimum Gasteiger partial charge on any atom is -0.489 e. The van der Waals surface area contributed by atoms with Crippen LogP contribution in [0.4, 0.5) is 5.69 Å². The molecular weight excluding hydrogens is 264 g/mol. The number of aryl methyl sites for hydroxylation is 1. The highest BCUT2D eigenvalue weighted by atomic mass is 16.5. The second kappa shape index (κ2) is 6.67. The van der Waals surface area contributed by atoms with Crippen LogP contribution in [0.5, 0.6) is 5.75 Å². The Morgan fingerprint density at radius 1 is 1.24 bits per heavy atom. The second-order valence-electron chi connectivity index (χ2n) is 6.23. The maximum atomic E-state index is 5.88. The molecule has 116 valence electrons. The first kappa shape index (κ1) is 14.7. The van der Waals surface area contributed by atoms with Crippen molar-refractivity contribution in [1.82, 2.24) is 4.90 Å². The van der Waals surface area contributed by atoms with Crippen LogP contribution < -0.4 is 10.1 Å². The van der Waals surface area contributed by atoms with Gasteiger partial charge in [0.1, 0.15) is 12.4 Å². The molecule has 2 aliphatic rings. The Morgan fingerprint density at radius 2 is 2.10 bits per heavy atom. The molecule has 2 bridgehead atoms. The molecule has 3 unspecified atom stereocenters. The van der Waals surface area contributed by atoms with Crippen molar-refractivity contribution < 1.29 is 9.47 Å². The van der Waals surface area contributed by atoms with E-state index < -0.39 is 0 Å². The highest BCUT2D eigenvalue weighted by molar-refractivity contribution is 5.58. The number of nitrogens with one attached hydrogen (secondary N) is 1. The van der Waals surface area contributed by atoms with Crippen LogP contribution in [0.25, 0.3) is 0 Å². The van der Waals surface area contributed by atoms with E-state index in [1.165, 1.54) is 38.0 Å². The summed E-state index contributed by atoms with van der Waals surface area (Å²) in [6.45, 7) is 7.06. The van der Waals surface area contributed by atoms with Crippen LogP contribution in [0.3, 0.4) is 0 Å². The summed E-state index contributed by atoms with van der Waals surface area (Å²) in [6, 6.07) is 6.99. The molecule has 1 N–H and O–H groups in total. The van der Waals surface area contributed by atoms with Gasteiger partial charge in [0.25, 0.3) is 0 Å². The van der Waals surface area contributed by atoms with E-state index in [0.717, 1.165) is 17.4 Å². The zero-order valence-electron chi connectivity index (χ0n) is 13.1. The van der Waals surface area contributed by atoms with Gasteiger partial charge in [-0.15, -0.1) is 0 Å². The van der Waals surface area contributed by atoms with Gasteiger partial charge in [0, 0.05) is 26.2 Å². The van der Waals surface area contributed by atoms with E-state index >= 15 is 0 Å². The number of hydrogen-bond donors (Lipinski definition) is 1. The number of anilines is 1. The lowest BCUT2D eigenvalue weighted by atomic mass is 9.94. The molecule has 0 aliphatic carbocycles. The molecule has 21 heavy (non-hydrogen) atoms. The molecule has 4 nitrogen and oxygen atoms in total. The van der Waals surface area contributed by atoms with Crippen molar-refractivity contribution in [3.05, 3.63) is 23.8 Å². The van der Waals surface area contributed by atoms with Crippen molar-refractivity contribution in [2.45, 2.75) is 25.8 Å². The third-order valence-corrected chi connectivity index (χ3v) is 4.66. The summed E-state index contributed by atoms with van der Waals surface area (Å²) in [4.78, 5) is 2.58. The molecule has 2 saturated heterocycles.